The fourth-order valence-electron chi connectivity index (χ4n) is 3.65. The van der Waals surface area contributed by atoms with E-state index < -0.39 is 30.4 Å². The number of anilines is 1. The van der Waals surface area contributed by atoms with E-state index >= 15 is 0 Å². The number of hydrogen-bond donors (Lipinski definition) is 2. The van der Waals surface area contributed by atoms with Crippen molar-refractivity contribution in [1.29, 1.82) is 0 Å². The Bertz CT molecular complexity index is 1760. The number of alkyl halides is 3. The van der Waals surface area contributed by atoms with Crippen LogP contribution in [-0.2, 0) is 13.1 Å². The van der Waals surface area contributed by atoms with E-state index in [1.807, 2.05) is 0 Å². The van der Waals surface area contributed by atoms with Gasteiger partial charge in [-0.3, -0.25) is 9.36 Å². The van der Waals surface area contributed by atoms with Crippen LogP contribution in [0.5, 0.6) is 0 Å². The van der Waals surface area contributed by atoms with Crippen LogP contribution in [0.15, 0.2) is 58.2 Å². The molecule has 0 radical (unpaired) electrons. The summed E-state index contributed by atoms with van der Waals surface area (Å²) >= 11 is 5.91. The normalized spacial score (nSPS) is 12.4. The van der Waals surface area contributed by atoms with Gasteiger partial charge in [0.15, 0.2) is 23.6 Å². The average Bonchev–Trinajstić information content (AvgIpc) is 3.65. The van der Waals surface area contributed by atoms with E-state index in [4.69, 9.17) is 16.1 Å². The fourth-order valence-corrected chi connectivity index (χ4v) is 3.78. The number of amides is 1. The molecule has 0 aliphatic carbocycles. The summed E-state index contributed by atoms with van der Waals surface area (Å²) in [6.07, 6.45) is -5.05. The third-order valence-corrected chi connectivity index (χ3v) is 5.84. The van der Waals surface area contributed by atoms with Crippen LogP contribution >= 0.6 is 11.6 Å². The van der Waals surface area contributed by atoms with E-state index in [2.05, 4.69) is 35.6 Å². The molecule has 41 heavy (non-hydrogen) atoms. The number of aliphatic hydroxyl groups is 1. The molecular formula is C23H18ClF3N10O4. The lowest BCUT2D eigenvalue weighted by molar-refractivity contribution is -0.207. The summed E-state index contributed by atoms with van der Waals surface area (Å²) in [6, 6.07) is 9.09. The highest BCUT2D eigenvalue weighted by molar-refractivity contribution is 6.30. The molecule has 0 spiro atoms. The average molecular weight is 591 g/mol. The number of aromatic nitrogens is 9. The highest BCUT2D eigenvalue weighted by atomic mass is 35.5. The van der Waals surface area contributed by atoms with Gasteiger partial charge in [-0.25, -0.2) is 24.1 Å². The number of pyridine rings is 1. The lowest BCUT2D eigenvalue weighted by atomic mass is 10.2. The third-order valence-electron chi connectivity index (χ3n) is 5.58. The summed E-state index contributed by atoms with van der Waals surface area (Å²) < 4.78 is 47.0. The van der Waals surface area contributed by atoms with Crippen LogP contribution < -0.4 is 11.0 Å². The Hall–Kier alpha value is -4.90. The summed E-state index contributed by atoms with van der Waals surface area (Å²) in [5.41, 5.74) is -0.335. The van der Waals surface area contributed by atoms with Crippen molar-refractivity contribution in [1.82, 2.24) is 44.2 Å². The number of nitrogens with one attached hydrogen (secondary N) is 1. The second-order valence-corrected chi connectivity index (χ2v) is 8.94. The summed E-state index contributed by atoms with van der Waals surface area (Å²) in [6.45, 7) is 0.116. The van der Waals surface area contributed by atoms with Crippen molar-refractivity contribution in [3.63, 3.8) is 0 Å². The number of nitrogens with zero attached hydrogens (tertiary/aromatic N) is 9. The van der Waals surface area contributed by atoms with Crippen LogP contribution in [0.4, 0.5) is 19.0 Å². The van der Waals surface area contributed by atoms with Crippen molar-refractivity contribution in [3.8, 4) is 17.1 Å². The largest absolute Gasteiger partial charge is 0.416 e. The van der Waals surface area contributed by atoms with E-state index in [9.17, 15) is 27.9 Å². The van der Waals surface area contributed by atoms with Crippen molar-refractivity contribution in [2.75, 3.05) is 5.32 Å². The van der Waals surface area contributed by atoms with Gasteiger partial charge < -0.3 is 14.9 Å². The van der Waals surface area contributed by atoms with Crippen molar-refractivity contribution < 1.29 is 27.6 Å². The van der Waals surface area contributed by atoms with Crippen LogP contribution in [0.2, 0.25) is 5.02 Å². The minimum absolute atomic E-state index is 0.0608. The Kier molecular flexibility index (Phi) is 7.38. The van der Waals surface area contributed by atoms with E-state index in [1.165, 1.54) is 48.4 Å². The summed E-state index contributed by atoms with van der Waals surface area (Å²) in [7, 11) is 0. The first-order valence-corrected chi connectivity index (χ1v) is 12.0. The molecule has 0 unspecified atom stereocenters. The summed E-state index contributed by atoms with van der Waals surface area (Å²) in [5.74, 6) is -0.671. The zero-order valence-electron chi connectivity index (χ0n) is 20.8. The molecule has 4 aromatic heterocycles. The predicted octanol–water partition coefficient (Wildman–Crippen LogP) is 2.26. The van der Waals surface area contributed by atoms with Crippen molar-refractivity contribution >= 4 is 23.3 Å². The number of aliphatic hydroxyl groups excluding tert-OH is 1. The highest BCUT2D eigenvalue weighted by Gasteiger charge is 2.39. The zero-order valence-corrected chi connectivity index (χ0v) is 21.6. The first-order chi connectivity index (χ1) is 19.5. The minimum Gasteiger partial charge on any atom is -0.382 e. The molecule has 0 saturated heterocycles. The van der Waals surface area contributed by atoms with Crippen LogP contribution in [0.1, 0.15) is 22.3 Å². The topological polar surface area (TPSA) is 172 Å². The Morgan fingerprint density at radius 1 is 1.17 bits per heavy atom. The van der Waals surface area contributed by atoms with Gasteiger partial charge in [0.2, 0.25) is 5.89 Å². The van der Waals surface area contributed by atoms with Crippen LogP contribution in [0.3, 0.4) is 0 Å². The molecule has 2 N–H and O–H groups in total. The standard InChI is InChI=1S/C23H18ClF3N10O4/c1-12-30-19(34-41-12)21(39)31-18-15(3-2-8-28-18)37-11-29-17(32-37)10-36-22(40)35(9-16(38)23(25,26)27)20(33-36)13-4-6-14(24)7-5-13/h2-8,11,16,38H,9-10H2,1H3,(H,28,31,39)/t16-/m0/s1. The molecule has 4 heterocycles. The molecule has 0 saturated carbocycles. The quantitative estimate of drug-likeness (QED) is 0.273. The van der Waals surface area contributed by atoms with Gasteiger partial charge in [0.1, 0.15) is 18.6 Å². The van der Waals surface area contributed by atoms with Gasteiger partial charge in [0.05, 0.1) is 6.54 Å². The predicted molar refractivity (Wildman–Crippen MR) is 134 cm³/mol. The third kappa shape index (κ3) is 5.99. The number of benzene rings is 1. The molecule has 5 aromatic rings. The molecule has 0 bridgehead atoms. The van der Waals surface area contributed by atoms with Gasteiger partial charge in [-0.2, -0.15) is 18.2 Å². The van der Waals surface area contributed by atoms with E-state index in [1.54, 1.807) is 12.1 Å². The Balaban J connectivity index is 1.44. The van der Waals surface area contributed by atoms with Gasteiger partial charge >= 0.3 is 11.9 Å². The van der Waals surface area contributed by atoms with Crippen molar-refractivity contribution in [2.24, 2.45) is 0 Å². The first kappa shape index (κ1) is 27.7. The monoisotopic (exact) mass is 590 g/mol. The molecule has 0 fully saturated rings. The molecule has 212 valence electrons. The van der Waals surface area contributed by atoms with E-state index in [-0.39, 0.29) is 35.7 Å². The molecule has 1 amide bonds. The number of hydrogen-bond acceptors (Lipinski definition) is 10. The highest BCUT2D eigenvalue weighted by Crippen LogP contribution is 2.24. The van der Waals surface area contributed by atoms with Crippen LogP contribution in [0, 0.1) is 6.92 Å². The van der Waals surface area contributed by atoms with Crippen LogP contribution in [0.25, 0.3) is 17.1 Å². The van der Waals surface area contributed by atoms with Gasteiger partial charge in [0, 0.05) is 23.7 Å². The van der Waals surface area contributed by atoms with E-state index in [0.29, 0.717) is 20.8 Å². The number of aryl methyl sites for hydroxylation is 1. The maximum absolute atomic E-state index is 13.1. The molecular weight excluding hydrogens is 573 g/mol. The number of rotatable bonds is 8. The lowest BCUT2D eigenvalue weighted by Gasteiger charge is -2.15. The van der Waals surface area contributed by atoms with Gasteiger partial charge in [-0.15, -0.1) is 10.2 Å². The Morgan fingerprint density at radius 3 is 2.61 bits per heavy atom. The molecule has 0 aliphatic heterocycles. The summed E-state index contributed by atoms with van der Waals surface area (Å²) in [5, 5.41) is 24.6. The van der Waals surface area contributed by atoms with Crippen molar-refractivity contribution in [2.45, 2.75) is 32.3 Å². The molecule has 18 heteroatoms. The zero-order chi connectivity index (χ0) is 29.3. The Labute approximate surface area is 232 Å². The molecule has 5 rings (SSSR count). The van der Waals surface area contributed by atoms with Crippen LogP contribution in [-0.4, -0.2) is 67.5 Å². The maximum atomic E-state index is 13.1. The molecule has 1 aromatic carbocycles. The SMILES string of the molecule is Cc1nc(C(=O)Nc2ncccc2-n2cnc(Cn3nc(-c4ccc(Cl)cc4)n(C[C@H](O)C(F)(F)F)c3=O)n2)no1. The molecule has 1 atom stereocenters. The lowest BCUT2D eigenvalue weighted by Crippen LogP contribution is -2.37. The number of halogens is 4. The van der Waals surface area contributed by atoms with Gasteiger partial charge in [-0.05, 0) is 36.4 Å². The smallest absolute Gasteiger partial charge is 0.382 e. The van der Waals surface area contributed by atoms with Gasteiger partial charge in [0.25, 0.3) is 11.7 Å². The molecule has 14 nitrogen and oxygen atoms in total. The fraction of sp³-hybridized carbons (Fsp3) is 0.217. The van der Waals surface area contributed by atoms with E-state index in [0.717, 1.165) is 4.68 Å². The first-order valence-electron chi connectivity index (χ1n) is 11.7. The number of carbonyl (C=O) groups excluding carboxylic acids is 1. The number of carbonyl (C=O) groups is 1. The Morgan fingerprint density at radius 2 is 1.93 bits per heavy atom. The maximum Gasteiger partial charge on any atom is 0.416 e. The van der Waals surface area contributed by atoms with Gasteiger partial charge in [-0.1, -0.05) is 16.8 Å². The second kappa shape index (κ2) is 10.9. The second-order valence-electron chi connectivity index (χ2n) is 8.51. The van der Waals surface area contributed by atoms with Crippen molar-refractivity contribution in [3.05, 3.63) is 82.0 Å². The summed E-state index contributed by atoms with van der Waals surface area (Å²) in [4.78, 5) is 37.7. The molecule has 0 aliphatic rings. The minimum atomic E-state index is -4.96.